The summed E-state index contributed by atoms with van der Waals surface area (Å²) < 4.78 is 1.43. The minimum atomic E-state index is 0.465. The van der Waals surface area contributed by atoms with Gasteiger partial charge < -0.3 is 0 Å². The van der Waals surface area contributed by atoms with Crippen LogP contribution >= 0.6 is 22.6 Å². The van der Waals surface area contributed by atoms with Crippen molar-refractivity contribution in [3.05, 3.63) is 106 Å². The summed E-state index contributed by atoms with van der Waals surface area (Å²) in [4.78, 5) is 0. The molecule has 0 radical (unpaired) electrons. The molecule has 0 N–H and O–H groups in total. The van der Waals surface area contributed by atoms with E-state index in [-0.39, 0.29) is 0 Å². The molecule has 1 heteroatoms. The molecule has 0 aromatic heterocycles. The molecule has 1 unspecified atom stereocenters. The van der Waals surface area contributed by atoms with Gasteiger partial charge >= 0.3 is 0 Å². The van der Waals surface area contributed by atoms with Crippen molar-refractivity contribution in [3.8, 4) is 0 Å². The second kappa shape index (κ2) is 7.27. The van der Waals surface area contributed by atoms with Gasteiger partial charge in [-0.15, -0.1) is 0 Å². The summed E-state index contributed by atoms with van der Waals surface area (Å²) in [6, 6.07) is 8.94. The number of rotatable bonds is 2. The summed E-state index contributed by atoms with van der Waals surface area (Å²) in [6.45, 7) is 0. The zero-order chi connectivity index (χ0) is 18.2. The Kier molecular flexibility index (Phi) is 4.65. The summed E-state index contributed by atoms with van der Waals surface area (Å²) >= 11 is 2.60. The van der Waals surface area contributed by atoms with Gasteiger partial charge in [-0.1, -0.05) is 72.9 Å². The van der Waals surface area contributed by atoms with Gasteiger partial charge in [-0.25, -0.2) is 0 Å². The second-order valence-electron chi connectivity index (χ2n) is 7.64. The van der Waals surface area contributed by atoms with E-state index < -0.39 is 0 Å². The molecule has 0 saturated heterocycles. The molecule has 1 atom stereocenters. The lowest BCUT2D eigenvalue weighted by Gasteiger charge is -2.35. The molecule has 134 valence electrons. The number of hydrogen-bond donors (Lipinski definition) is 0. The van der Waals surface area contributed by atoms with Gasteiger partial charge in [-0.05, 0) is 93.7 Å². The number of hydrogen-bond acceptors (Lipinski definition) is 0. The molecule has 4 aliphatic carbocycles. The molecule has 0 amide bonds. The third kappa shape index (κ3) is 3.06. The smallest absolute Gasteiger partial charge is 0.0253 e. The molecule has 0 saturated carbocycles. The summed E-state index contributed by atoms with van der Waals surface area (Å²) in [7, 11) is 0. The maximum Gasteiger partial charge on any atom is 0.0253 e. The topological polar surface area (TPSA) is 0 Å². The van der Waals surface area contributed by atoms with Crippen LogP contribution in [0.5, 0.6) is 0 Å². The van der Waals surface area contributed by atoms with Crippen LogP contribution in [-0.4, -0.2) is 0 Å². The molecular formula is C26H23I. The highest BCUT2D eigenvalue weighted by atomic mass is 127. The van der Waals surface area contributed by atoms with Crippen molar-refractivity contribution in [1.29, 1.82) is 0 Å². The van der Waals surface area contributed by atoms with Crippen molar-refractivity contribution < 1.29 is 0 Å². The molecule has 27 heavy (non-hydrogen) atoms. The van der Waals surface area contributed by atoms with E-state index in [9.17, 15) is 0 Å². The Morgan fingerprint density at radius 1 is 0.852 bits per heavy atom. The highest BCUT2D eigenvalue weighted by Gasteiger charge is 2.33. The Hall–Kier alpha value is -1.87. The highest BCUT2D eigenvalue weighted by Crippen LogP contribution is 2.52. The van der Waals surface area contributed by atoms with Crippen molar-refractivity contribution in [3.63, 3.8) is 0 Å². The number of halogens is 1. The van der Waals surface area contributed by atoms with Crippen LogP contribution in [-0.2, 0) is 0 Å². The van der Waals surface area contributed by atoms with Crippen LogP contribution in [0.1, 0.15) is 43.2 Å². The fourth-order valence-electron chi connectivity index (χ4n) is 4.71. The first kappa shape index (κ1) is 17.2. The highest BCUT2D eigenvalue weighted by molar-refractivity contribution is 14.1. The molecule has 0 heterocycles. The van der Waals surface area contributed by atoms with Crippen LogP contribution in [0.4, 0.5) is 0 Å². The predicted octanol–water partition coefficient (Wildman–Crippen LogP) is 7.73. The first-order chi connectivity index (χ1) is 13.3. The van der Waals surface area contributed by atoms with E-state index in [0.29, 0.717) is 5.92 Å². The second-order valence-corrected chi connectivity index (χ2v) is 8.72. The third-order valence-corrected chi connectivity index (χ3v) is 7.22. The number of fused-ring (bicyclic) bond motifs is 3. The summed E-state index contributed by atoms with van der Waals surface area (Å²) in [5, 5.41) is 0. The van der Waals surface area contributed by atoms with Gasteiger partial charge in [0.15, 0.2) is 0 Å². The molecule has 5 rings (SSSR count). The summed E-state index contributed by atoms with van der Waals surface area (Å²) in [6.07, 6.45) is 24.5. The standard InChI is InChI=1S/C26H23I/c27-26-23-14-8-7-13-21(23)22-16-15-20(18-9-3-1-4-10-18)17-24(22)25(26)19-11-5-2-6-12-19/h1,3,5,7-9,11-16,24H,2,4,6,10,17H2. The fraction of sp³-hybridized carbons (Fsp3) is 0.231. The number of allylic oxidation sites excluding steroid dienone is 13. The molecule has 1 aromatic rings. The SMILES string of the molecule is IC1=C(C2=CCCC=C2)C2CC(C3=CC=CCC3)=CC=C2c2ccccc21. The lowest BCUT2D eigenvalue weighted by atomic mass is 9.70. The maximum atomic E-state index is 2.60. The van der Waals surface area contributed by atoms with Crippen LogP contribution in [0, 0.1) is 5.92 Å². The van der Waals surface area contributed by atoms with Gasteiger partial charge in [0.2, 0.25) is 0 Å². The molecule has 0 spiro atoms. The monoisotopic (exact) mass is 462 g/mol. The van der Waals surface area contributed by atoms with E-state index in [1.807, 2.05) is 0 Å². The Morgan fingerprint density at radius 2 is 1.74 bits per heavy atom. The Morgan fingerprint density at radius 3 is 2.52 bits per heavy atom. The van der Waals surface area contributed by atoms with Gasteiger partial charge in [0.1, 0.15) is 0 Å². The van der Waals surface area contributed by atoms with Gasteiger partial charge in [-0.2, -0.15) is 0 Å². The number of benzene rings is 1. The van der Waals surface area contributed by atoms with Gasteiger partial charge in [-0.3, -0.25) is 0 Å². The molecule has 0 aliphatic heterocycles. The van der Waals surface area contributed by atoms with Gasteiger partial charge in [0.25, 0.3) is 0 Å². The van der Waals surface area contributed by atoms with E-state index in [4.69, 9.17) is 0 Å². The van der Waals surface area contributed by atoms with Crippen molar-refractivity contribution in [2.24, 2.45) is 5.92 Å². The van der Waals surface area contributed by atoms with Crippen molar-refractivity contribution >= 4 is 31.7 Å². The van der Waals surface area contributed by atoms with Crippen LogP contribution in [0.2, 0.25) is 0 Å². The molecular weight excluding hydrogens is 439 g/mol. The normalized spacial score (nSPS) is 23.8. The average molecular weight is 462 g/mol. The third-order valence-electron chi connectivity index (χ3n) is 6.06. The van der Waals surface area contributed by atoms with Crippen molar-refractivity contribution in [2.75, 3.05) is 0 Å². The lowest BCUT2D eigenvalue weighted by Crippen LogP contribution is -2.19. The maximum absolute atomic E-state index is 2.60. The van der Waals surface area contributed by atoms with Crippen molar-refractivity contribution in [1.82, 2.24) is 0 Å². The average Bonchev–Trinajstić information content (AvgIpc) is 2.75. The Labute approximate surface area is 175 Å². The van der Waals surface area contributed by atoms with E-state index >= 15 is 0 Å². The predicted molar refractivity (Wildman–Crippen MR) is 124 cm³/mol. The first-order valence-corrected chi connectivity index (χ1v) is 11.0. The lowest BCUT2D eigenvalue weighted by molar-refractivity contribution is 0.755. The van der Waals surface area contributed by atoms with Crippen LogP contribution in [0.3, 0.4) is 0 Å². The van der Waals surface area contributed by atoms with E-state index in [1.165, 1.54) is 61.8 Å². The van der Waals surface area contributed by atoms with Crippen LogP contribution in [0.25, 0.3) is 9.15 Å². The molecule has 0 bridgehead atoms. The van der Waals surface area contributed by atoms with Crippen LogP contribution in [0.15, 0.2) is 95.2 Å². The molecule has 0 nitrogen and oxygen atoms in total. The molecule has 0 fully saturated rings. The molecule has 4 aliphatic rings. The zero-order valence-corrected chi connectivity index (χ0v) is 17.6. The van der Waals surface area contributed by atoms with Gasteiger partial charge in [0, 0.05) is 9.50 Å². The minimum Gasteiger partial charge on any atom is -0.0842 e. The zero-order valence-electron chi connectivity index (χ0n) is 15.4. The fourth-order valence-corrected chi connectivity index (χ4v) is 5.87. The Balaban J connectivity index is 1.66. The van der Waals surface area contributed by atoms with Gasteiger partial charge in [0.05, 0.1) is 0 Å². The largest absolute Gasteiger partial charge is 0.0842 e. The summed E-state index contributed by atoms with van der Waals surface area (Å²) in [5.74, 6) is 0.465. The molecule has 1 aromatic carbocycles. The quantitative estimate of drug-likeness (QED) is 0.395. The first-order valence-electron chi connectivity index (χ1n) is 9.96. The van der Waals surface area contributed by atoms with E-state index in [2.05, 4.69) is 95.5 Å². The van der Waals surface area contributed by atoms with E-state index in [1.54, 1.807) is 0 Å². The summed E-state index contributed by atoms with van der Waals surface area (Å²) in [5.41, 5.74) is 10.3. The van der Waals surface area contributed by atoms with E-state index in [0.717, 1.165) is 12.8 Å². The van der Waals surface area contributed by atoms with Crippen LogP contribution < -0.4 is 0 Å². The Bertz CT molecular complexity index is 1000. The van der Waals surface area contributed by atoms with Crippen molar-refractivity contribution in [2.45, 2.75) is 32.1 Å². The minimum absolute atomic E-state index is 0.465.